The number of rotatable bonds is 2. The maximum atomic E-state index is 13.7. The van der Waals surface area contributed by atoms with Gasteiger partial charge in [0, 0.05) is 6.20 Å². The fraction of sp³-hybridized carbons (Fsp3) is 0.105. The first-order valence-corrected chi connectivity index (χ1v) is 9.17. The highest BCUT2D eigenvalue weighted by Gasteiger charge is 2.45. The Hall–Kier alpha value is -3.46. The minimum absolute atomic E-state index is 0.0720. The second-order valence-electron chi connectivity index (χ2n) is 6.25. The first-order chi connectivity index (χ1) is 13.5. The summed E-state index contributed by atoms with van der Waals surface area (Å²) < 4.78 is 19.5. The number of carbonyl (C=O) groups is 1. The Bertz CT molecular complexity index is 1300. The highest BCUT2D eigenvalue weighted by molar-refractivity contribution is 7.15. The van der Waals surface area contributed by atoms with E-state index in [0.29, 0.717) is 15.8 Å². The zero-order valence-electron chi connectivity index (χ0n) is 14.4. The van der Waals surface area contributed by atoms with E-state index in [-0.39, 0.29) is 22.3 Å². The second kappa shape index (κ2) is 6.03. The molecule has 0 bridgehead atoms. The van der Waals surface area contributed by atoms with E-state index < -0.39 is 23.2 Å². The molecule has 0 radical (unpaired) electrons. The summed E-state index contributed by atoms with van der Waals surface area (Å²) in [5.74, 6) is -1.16. The van der Waals surface area contributed by atoms with E-state index in [1.165, 1.54) is 28.4 Å². The second-order valence-corrected chi connectivity index (χ2v) is 7.41. The molecule has 5 rings (SSSR count). The van der Waals surface area contributed by atoms with Gasteiger partial charge in [-0.2, -0.15) is 0 Å². The smallest absolute Gasteiger partial charge is 0.297 e. The van der Waals surface area contributed by atoms with Crippen LogP contribution < -0.4 is 10.3 Å². The monoisotopic (exact) mass is 394 g/mol. The molecule has 1 unspecified atom stereocenters. The summed E-state index contributed by atoms with van der Waals surface area (Å²) in [5.41, 5.74) is 0.275. The number of aryl methyl sites for hydroxylation is 1. The maximum absolute atomic E-state index is 13.7. The van der Waals surface area contributed by atoms with Gasteiger partial charge in [-0.1, -0.05) is 17.4 Å². The molecule has 1 atom stereocenters. The topological polar surface area (TPSA) is 89.2 Å². The van der Waals surface area contributed by atoms with Crippen LogP contribution in [-0.4, -0.2) is 21.1 Å². The number of hydrogen-bond acceptors (Lipinski definition) is 7. The minimum Gasteiger partial charge on any atom is -0.450 e. The number of hydrogen-bond donors (Lipinski definition) is 0. The lowest BCUT2D eigenvalue weighted by molar-refractivity contribution is 0.0970. The lowest BCUT2D eigenvalue weighted by Gasteiger charge is -2.20. The molecule has 0 fully saturated rings. The quantitative estimate of drug-likeness (QED) is 0.519. The van der Waals surface area contributed by atoms with E-state index in [4.69, 9.17) is 4.42 Å². The number of amides is 1. The average molecular weight is 394 g/mol. The molecule has 0 N–H and O–H groups in total. The molecule has 4 aromatic rings. The number of anilines is 1. The fourth-order valence-corrected chi connectivity index (χ4v) is 4.06. The van der Waals surface area contributed by atoms with Gasteiger partial charge in [0.15, 0.2) is 5.43 Å². The van der Waals surface area contributed by atoms with Crippen molar-refractivity contribution in [2.45, 2.75) is 13.0 Å². The third kappa shape index (κ3) is 2.36. The predicted octanol–water partition coefficient (Wildman–Crippen LogP) is 3.24. The largest absolute Gasteiger partial charge is 0.450 e. The van der Waals surface area contributed by atoms with Crippen molar-refractivity contribution < 1.29 is 13.6 Å². The molecule has 0 saturated heterocycles. The molecule has 28 heavy (non-hydrogen) atoms. The molecule has 1 amide bonds. The highest BCUT2D eigenvalue weighted by Crippen LogP contribution is 2.41. The Kier molecular flexibility index (Phi) is 3.59. The van der Waals surface area contributed by atoms with Crippen LogP contribution in [-0.2, 0) is 0 Å². The summed E-state index contributed by atoms with van der Waals surface area (Å²) in [7, 11) is 0. The van der Waals surface area contributed by atoms with E-state index in [0.717, 1.165) is 6.07 Å². The van der Waals surface area contributed by atoms with Crippen molar-refractivity contribution in [3.05, 3.63) is 80.7 Å². The summed E-state index contributed by atoms with van der Waals surface area (Å²) in [6.07, 6.45) is 1.57. The zero-order chi connectivity index (χ0) is 19.4. The fourth-order valence-electron chi connectivity index (χ4n) is 3.34. The molecule has 3 aromatic heterocycles. The van der Waals surface area contributed by atoms with Gasteiger partial charge in [0.2, 0.25) is 10.9 Å². The van der Waals surface area contributed by atoms with Crippen LogP contribution in [0.25, 0.3) is 11.0 Å². The van der Waals surface area contributed by atoms with Crippen LogP contribution >= 0.6 is 11.3 Å². The molecular formula is C19H11FN4O3S. The van der Waals surface area contributed by atoms with E-state index in [1.54, 1.807) is 31.3 Å². The van der Waals surface area contributed by atoms with Gasteiger partial charge < -0.3 is 4.42 Å². The molecular weight excluding hydrogens is 383 g/mol. The maximum Gasteiger partial charge on any atom is 0.297 e. The number of pyridine rings is 1. The number of halogens is 1. The normalized spacial score (nSPS) is 16.0. The Morgan fingerprint density at radius 2 is 2.04 bits per heavy atom. The summed E-state index contributed by atoms with van der Waals surface area (Å²) in [6.45, 7) is 1.77. The van der Waals surface area contributed by atoms with Gasteiger partial charge in [0.25, 0.3) is 5.91 Å². The Balaban J connectivity index is 1.84. The predicted molar refractivity (Wildman–Crippen MR) is 100.0 cm³/mol. The lowest BCUT2D eigenvalue weighted by atomic mass is 10.0. The van der Waals surface area contributed by atoms with Gasteiger partial charge in [-0.3, -0.25) is 19.5 Å². The number of carbonyl (C=O) groups excluding carboxylic acids is 1. The van der Waals surface area contributed by atoms with Crippen LogP contribution in [0.5, 0.6) is 0 Å². The molecule has 0 saturated carbocycles. The third-order valence-electron chi connectivity index (χ3n) is 4.52. The lowest BCUT2D eigenvalue weighted by Crippen LogP contribution is -2.30. The summed E-state index contributed by atoms with van der Waals surface area (Å²) >= 11 is 1.22. The van der Waals surface area contributed by atoms with Crippen molar-refractivity contribution in [3.8, 4) is 0 Å². The zero-order valence-corrected chi connectivity index (χ0v) is 15.2. The SMILES string of the molecule is Cc1nnc(N2C(=O)c3oc4ccc(F)cc4c(=O)c3C2c2ccccn2)s1. The van der Waals surface area contributed by atoms with E-state index >= 15 is 0 Å². The van der Waals surface area contributed by atoms with Crippen molar-refractivity contribution >= 4 is 33.3 Å². The number of aromatic nitrogens is 3. The summed E-state index contributed by atoms with van der Waals surface area (Å²) in [6, 6.07) is 8.00. The van der Waals surface area contributed by atoms with Crippen LogP contribution in [0.2, 0.25) is 0 Å². The van der Waals surface area contributed by atoms with Crippen molar-refractivity contribution in [3.63, 3.8) is 0 Å². The van der Waals surface area contributed by atoms with Crippen LogP contribution in [0.15, 0.2) is 51.8 Å². The Morgan fingerprint density at radius 1 is 1.18 bits per heavy atom. The van der Waals surface area contributed by atoms with Crippen LogP contribution in [0.3, 0.4) is 0 Å². The number of nitrogens with zero attached hydrogens (tertiary/aromatic N) is 4. The molecule has 0 spiro atoms. The summed E-state index contributed by atoms with van der Waals surface area (Å²) in [5, 5.41) is 9.11. The third-order valence-corrected chi connectivity index (χ3v) is 5.36. The van der Waals surface area contributed by atoms with Gasteiger partial charge >= 0.3 is 0 Å². The van der Waals surface area contributed by atoms with E-state index in [1.807, 2.05) is 0 Å². The van der Waals surface area contributed by atoms with E-state index in [2.05, 4.69) is 15.2 Å². The standard InChI is InChI=1S/C19H11FN4O3S/c1-9-22-23-19(28-9)24-15(12-4-2-3-7-21-12)14-16(25)11-8-10(20)5-6-13(11)27-17(14)18(24)26/h2-8,15H,1H3. The first kappa shape index (κ1) is 16.7. The number of fused-ring (bicyclic) bond motifs is 2. The Morgan fingerprint density at radius 3 is 2.75 bits per heavy atom. The molecule has 138 valence electrons. The van der Waals surface area contributed by atoms with Gasteiger partial charge in [0.05, 0.1) is 16.6 Å². The van der Waals surface area contributed by atoms with Gasteiger partial charge in [-0.15, -0.1) is 10.2 Å². The molecule has 0 aliphatic carbocycles. The highest BCUT2D eigenvalue weighted by atomic mass is 32.1. The molecule has 1 aliphatic rings. The van der Waals surface area contributed by atoms with Crippen LogP contribution in [0.1, 0.15) is 32.9 Å². The minimum atomic E-state index is -0.833. The molecule has 9 heteroatoms. The van der Waals surface area contributed by atoms with Crippen molar-refractivity contribution in [1.29, 1.82) is 0 Å². The first-order valence-electron chi connectivity index (χ1n) is 8.35. The van der Waals surface area contributed by atoms with Crippen LogP contribution in [0.4, 0.5) is 9.52 Å². The van der Waals surface area contributed by atoms with Gasteiger partial charge in [0.1, 0.15) is 22.4 Å². The Labute approximate surface area is 161 Å². The molecule has 1 aromatic carbocycles. The van der Waals surface area contributed by atoms with Gasteiger partial charge in [-0.25, -0.2) is 4.39 Å². The van der Waals surface area contributed by atoms with Crippen molar-refractivity contribution in [2.75, 3.05) is 4.90 Å². The van der Waals surface area contributed by atoms with E-state index in [9.17, 15) is 14.0 Å². The molecule has 4 heterocycles. The number of benzene rings is 1. The average Bonchev–Trinajstić information content (AvgIpc) is 3.24. The van der Waals surface area contributed by atoms with Gasteiger partial charge in [-0.05, 0) is 37.3 Å². The van der Waals surface area contributed by atoms with Crippen molar-refractivity contribution in [2.24, 2.45) is 0 Å². The van der Waals surface area contributed by atoms with Crippen molar-refractivity contribution in [1.82, 2.24) is 15.2 Å². The molecule has 1 aliphatic heterocycles. The van der Waals surface area contributed by atoms with Crippen LogP contribution in [0, 0.1) is 12.7 Å². The summed E-state index contributed by atoms with van der Waals surface area (Å²) in [4.78, 5) is 32.1. The molecule has 7 nitrogen and oxygen atoms in total.